The van der Waals surface area contributed by atoms with Crippen molar-refractivity contribution in [2.75, 3.05) is 26.1 Å². The fourth-order valence-corrected chi connectivity index (χ4v) is 4.57. The third-order valence-corrected chi connectivity index (χ3v) is 6.93. The second kappa shape index (κ2) is 11.2. The van der Waals surface area contributed by atoms with Crippen molar-refractivity contribution in [3.63, 3.8) is 0 Å². The molecule has 0 saturated heterocycles. The first-order chi connectivity index (χ1) is 18.9. The first-order valence-electron chi connectivity index (χ1n) is 12.6. The lowest BCUT2D eigenvalue weighted by molar-refractivity contribution is -0.117. The molecule has 5 rings (SSSR count). The van der Waals surface area contributed by atoms with Gasteiger partial charge in [0.25, 0.3) is 5.91 Å². The summed E-state index contributed by atoms with van der Waals surface area (Å²) in [6.45, 7) is 1.82. The molecule has 3 aromatic carbocycles. The van der Waals surface area contributed by atoms with Crippen molar-refractivity contribution in [2.24, 2.45) is 0 Å². The zero-order valence-corrected chi connectivity index (χ0v) is 22.7. The first-order valence-corrected chi connectivity index (χ1v) is 13.0. The summed E-state index contributed by atoms with van der Waals surface area (Å²) in [5.74, 6) is 0.961. The molecule has 0 bridgehead atoms. The number of carbonyl (C=O) groups excluding carboxylic acids is 2. The summed E-state index contributed by atoms with van der Waals surface area (Å²) in [6.07, 6.45) is 3.59. The summed E-state index contributed by atoms with van der Waals surface area (Å²) in [7, 11) is 3.14. The molecular weight excluding hydrogens is 516 g/mol. The third kappa shape index (κ3) is 5.76. The van der Waals surface area contributed by atoms with Crippen molar-refractivity contribution in [3.8, 4) is 28.4 Å². The zero-order valence-electron chi connectivity index (χ0n) is 22.0. The number of hydrogen-bond donors (Lipinski definition) is 1. The number of hydrogen-bond acceptors (Lipinski definition) is 5. The van der Waals surface area contributed by atoms with E-state index in [0.717, 1.165) is 24.0 Å². The molecule has 8 nitrogen and oxygen atoms in total. The van der Waals surface area contributed by atoms with E-state index in [4.69, 9.17) is 26.1 Å². The molecule has 4 aromatic rings. The third-order valence-electron chi connectivity index (χ3n) is 6.68. The Balaban J connectivity index is 1.46. The van der Waals surface area contributed by atoms with Crippen LogP contribution in [0.1, 0.15) is 28.8 Å². The van der Waals surface area contributed by atoms with Crippen LogP contribution in [0.3, 0.4) is 0 Å². The van der Waals surface area contributed by atoms with Crippen LogP contribution in [-0.2, 0) is 4.79 Å². The number of anilines is 1. The van der Waals surface area contributed by atoms with Crippen LogP contribution in [0.25, 0.3) is 16.9 Å². The Labute approximate surface area is 232 Å². The fraction of sp³-hybridized carbons (Fsp3) is 0.233. The molecular formula is C30H29ClN4O4. The fourth-order valence-electron chi connectivity index (χ4n) is 4.44. The Kier molecular flexibility index (Phi) is 7.56. The number of aromatic nitrogens is 2. The Morgan fingerprint density at radius 3 is 2.41 bits per heavy atom. The quantitative estimate of drug-likeness (QED) is 0.289. The monoisotopic (exact) mass is 544 g/mol. The van der Waals surface area contributed by atoms with E-state index in [-0.39, 0.29) is 24.4 Å². The van der Waals surface area contributed by atoms with Gasteiger partial charge in [-0.1, -0.05) is 41.9 Å². The minimum Gasteiger partial charge on any atom is -0.493 e. The number of nitrogens with zero attached hydrogens (tertiary/aromatic N) is 3. The van der Waals surface area contributed by atoms with E-state index in [1.807, 2.05) is 49.5 Å². The SMILES string of the molecule is COc1ccc(-n2cc(-c3ccc(Cl)cc3)nc2NC(=O)CN(C(=O)c2ccccc2C)C2CC2)cc1OC. The predicted molar refractivity (Wildman–Crippen MR) is 151 cm³/mol. The molecule has 1 aromatic heterocycles. The standard InChI is InChI=1S/C30H29ClN4O4/c1-19-6-4-5-7-24(19)29(37)34(22-12-13-22)18-28(36)33-30-32-25(20-8-10-21(31)11-9-20)17-35(30)23-14-15-26(38-2)27(16-23)39-3/h4-11,14-17,22H,12-13,18H2,1-3H3,(H,32,33,36). The average molecular weight is 545 g/mol. The molecule has 200 valence electrons. The van der Waals surface area contributed by atoms with Gasteiger partial charge in [0.05, 0.1) is 25.6 Å². The number of rotatable bonds is 9. The molecule has 1 heterocycles. The molecule has 0 radical (unpaired) electrons. The number of imidazole rings is 1. The molecule has 9 heteroatoms. The van der Waals surface area contributed by atoms with E-state index in [9.17, 15) is 9.59 Å². The number of ether oxygens (including phenoxy) is 2. The molecule has 1 aliphatic carbocycles. The lowest BCUT2D eigenvalue weighted by atomic mass is 10.1. The van der Waals surface area contributed by atoms with Crippen LogP contribution < -0.4 is 14.8 Å². The van der Waals surface area contributed by atoms with Crippen LogP contribution >= 0.6 is 11.6 Å². The minimum absolute atomic E-state index is 0.0538. The molecule has 0 spiro atoms. The lowest BCUT2D eigenvalue weighted by Crippen LogP contribution is -2.40. The number of amides is 2. The second-order valence-electron chi connectivity index (χ2n) is 9.39. The van der Waals surface area contributed by atoms with Crippen molar-refractivity contribution in [3.05, 3.63) is 89.1 Å². The van der Waals surface area contributed by atoms with Crippen molar-refractivity contribution in [1.29, 1.82) is 0 Å². The van der Waals surface area contributed by atoms with E-state index in [1.165, 1.54) is 0 Å². The molecule has 0 aliphatic heterocycles. The minimum atomic E-state index is -0.334. The van der Waals surface area contributed by atoms with Gasteiger partial charge in [-0.2, -0.15) is 0 Å². The summed E-state index contributed by atoms with van der Waals surface area (Å²) in [5, 5.41) is 3.55. The number of methoxy groups -OCH3 is 2. The van der Waals surface area contributed by atoms with Crippen LogP contribution in [0.4, 0.5) is 5.95 Å². The molecule has 1 fully saturated rings. The van der Waals surface area contributed by atoms with Crippen molar-refractivity contribution in [1.82, 2.24) is 14.5 Å². The van der Waals surface area contributed by atoms with Crippen molar-refractivity contribution >= 4 is 29.4 Å². The van der Waals surface area contributed by atoms with Crippen LogP contribution in [0, 0.1) is 6.92 Å². The van der Waals surface area contributed by atoms with Crippen LogP contribution in [0.5, 0.6) is 11.5 Å². The van der Waals surface area contributed by atoms with Gasteiger partial charge < -0.3 is 14.4 Å². The lowest BCUT2D eigenvalue weighted by Gasteiger charge is -2.23. The summed E-state index contributed by atoms with van der Waals surface area (Å²) < 4.78 is 12.6. The number of nitrogens with one attached hydrogen (secondary N) is 1. The topological polar surface area (TPSA) is 85.7 Å². The molecule has 1 N–H and O–H groups in total. The van der Waals surface area contributed by atoms with Gasteiger partial charge in [-0.15, -0.1) is 0 Å². The summed E-state index contributed by atoms with van der Waals surface area (Å²) in [6, 6.07) is 20.2. The van der Waals surface area contributed by atoms with E-state index >= 15 is 0 Å². The Morgan fingerprint density at radius 2 is 1.74 bits per heavy atom. The Hall–Kier alpha value is -4.30. The average Bonchev–Trinajstić information content (AvgIpc) is 3.71. The van der Waals surface area contributed by atoms with Gasteiger partial charge in [0.15, 0.2) is 11.5 Å². The molecule has 1 saturated carbocycles. The van der Waals surface area contributed by atoms with Gasteiger partial charge in [-0.05, 0) is 55.7 Å². The maximum Gasteiger partial charge on any atom is 0.254 e. The zero-order chi connectivity index (χ0) is 27.5. The number of halogens is 1. The van der Waals surface area contributed by atoms with E-state index in [2.05, 4.69) is 5.32 Å². The van der Waals surface area contributed by atoms with Crippen LogP contribution in [0.15, 0.2) is 72.9 Å². The molecule has 1 aliphatic rings. The van der Waals surface area contributed by atoms with Crippen molar-refractivity contribution < 1.29 is 19.1 Å². The van der Waals surface area contributed by atoms with E-state index in [1.54, 1.807) is 54.0 Å². The molecule has 0 atom stereocenters. The Morgan fingerprint density at radius 1 is 1.03 bits per heavy atom. The summed E-state index contributed by atoms with van der Waals surface area (Å²) in [4.78, 5) is 33.1. The van der Waals surface area contributed by atoms with Crippen LogP contribution in [-0.4, -0.2) is 53.1 Å². The second-order valence-corrected chi connectivity index (χ2v) is 9.83. The number of aryl methyl sites for hydroxylation is 1. The maximum atomic E-state index is 13.4. The summed E-state index contributed by atoms with van der Waals surface area (Å²) >= 11 is 6.08. The smallest absolute Gasteiger partial charge is 0.254 e. The van der Waals surface area contributed by atoms with Gasteiger partial charge in [0.2, 0.25) is 11.9 Å². The normalized spacial score (nSPS) is 12.6. The maximum absolute atomic E-state index is 13.4. The molecule has 2 amide bonds. The number of benzene rings is 3. The van der Waals surface area contributed by atoms with Crippen LogP contribution in [0.2, 0.25) is 5.02 Å². The highest BCUT2D eigenvalue weighted by Gasteiger charge is 2.35. The highest BCUT2D eigenvalue weighted by Crippen LogP contribution is 2.33. The highest BCUT2D eigenvalue weighted by atomic mass is 35.5. The summed E-state index contributed by atoms with van der Waals surface area (Å²) in [5.41, 5.74) is 3.68. The van der Waals surface area contributed by atoms with E-state index in [0.29, 0.717) is 39.4 Å². The highest BCUT2D eigenvalue weighted by molar-refractivity contribution is 6.30. The molecule has 0 unspecified atom stereocenters. The van der Waals surface area contributed by atoms with Crippen molar-refractivity contribution in [2.45, 2.75) is 25.8 Å². The van der Waals surface area contributed by atoms with E-state index < -0.39 is 0 Å². The van der Waals surface area contributed by atoms with Gasteiger partial charge in [0.1, 0.15) is 6.54 Å². The van der Waals surface area contributed by atoms with Gasteiger partial charge in [-0.3, -0.25) is 19.5 Å². The molecule has 39 heavy (non-hydrogen) atoms. The first kappa shape index (κ1) is 26.3. The largest absolute Gasteiger partial charge is 0.493 e. The Bertz CT molecular complexity index is 1510. The van der Waals surface area contributed by atoms with Gasteiger partial charge in [-0.25, -0.2) is 4.98 Å². The van der Waals surface area contributed by atoms with Gasteiger partial charge >= 0.3 is 0 Å². The number of carbonyl (C=O) groups is 2. The van der Waals surface area contributed by atoms with Gasteiger partial charge in [0, 0.05) is 34.5 Å². The predicted octanol–water partition coefficient (Wildman–Crippen LogP) is 5.76.